The zero-order chi connectivity index (χ0) is 16.2. The fourth-order valence-corrected chi connectivity index (χ4v) is 7.47. The molecule has 0 aliphatic carbocycles. The first-order valence-corrected chi connectivity index (χ1v) is 12.6. The van der Waals surface area contributed by atoms with Crippen LogP contribution in [0.2, 0.25) is 0 Å². The normalized spacial score (nSPS) is 12.8. The van der Waals surface area contributed by atoms with E-state index in [1.165, 1.54) is 0 Å². The highest BCUT2D eigenvalue weighted by molar-refractivity contribution is 8.14. The van der Waals surface area contributed by atoms with Crippen molar-refractivity contribution in [3.8, 4) is 0 Å². The Labute approximate surface area is 139 Å². The van der Waals surface area contributed by atoms with E-state index in [2.05, 4.69) is 0 Å². The summed E-state index contributed by atoms with van der Waals surface area (Å²) in [5.74, 6) is 0. The molecule has 0 unspecified atom stereocenters. The van der Waals surface area contributed by atoms with Crippen molar-refractivity contribution in [2.45, 2.75) is 53.4 Å². The van der Waals surface area contributed by atoms with Gasteiger partial charge in [0, 0.05) is 0 Å². The van der Waals surface area contributed by atoms with Gasteiger partial charge in [0.1, 0.15) is 0 Å². The van der Waals surface area contributed by atoms with Crippen LogP contribution in [0.15, 0.2) is 0 Å². The second kappa shape index (κ2) is 12.5. The van der Waals surface area contributed by atoms with E-state index in [1.807, 2.05) is 27.7 Å². The van der Waals surface area contributed by atoms with E-state index >= 15 is 0 Å². The molecule has 0 saturated carbocycles. The summed E-state index contributed by atoms with van der Waals surface area (Å²) in [5.41, 5.74) is 0. The van der Waals surface area contributed by atoms with Crippen LogP contribution in [0.5, 0.6) is 0 Å². The van der Waals surface area contributed by atoms with Crippen molar-refractivity contribution >= 4 is 37.1 Å². The van der Waals surface area contributed by atoms with Gasteiger partial charge in [0.25, 0.3) is 0 Å². The standard InChI is InChI=1S/C12H28O5P2S2/c1-5-9-13-18(20,14-10-6-2)17-19(21,15-11-7-3)16-12-8-4/h5-12H2,1-4H3. The quantitative estimate of drug-likeness (QED) is 0.387. The van der Waals surface area contributed by atoms with E-state index in [9.17, 15) is 0 Å². The van der Waals surface area contributed by atoms with Crippen LogP contribution in [0.1, 0.15) is 53.4 Å². The molecule has 0 heterocycles. The monoisotopic (exact) mass is 378 g/mol. The Kier molecular flexibility index (Phi) is 13.2. The van der Waals surface area contributed by atoms with Crippen molar-refractivity contribution in [1.82, 2.24) is 0 Å². The molecule has 0 N–H and O–H groups in total. The van der Waals surface area contributed by atoms with Gasteiger partial charge in [0.2, 0.25) is 0 Å². The minimum Gasteiger partial charge on any atom is -0.308 e. The highest BCUT2D eigenvalue weighted by atomic mass is 32.5. The highest BCUT2D eigenvalue weighted by Crippen LogP contribution is 2.66. The van der Waals surface area contributed by atoms with Crippen molar-refractivity contribution in [3.63, 3.8) is 0 Å². The molecule has 0 radical (unpaired) electrons. The van der Waals surface area contributed by atoms with Crippen molar-refractivity contribution in [3.05, 3.63) is 0 Å². The van der Waals surface area contributed by atoms with E-state index < -0.39 is 13.4 Å². The first kappa shape index (κ1) is 22.1. The molecule has 9 heteroatoms. The van der Waals surface area contributed by atoms with Gasteiger partial charge >= 0.3 is 13.4 Å². The van der Waals surface area contributed by atoms with Gasteiger partial charge in [-0.05, 0) is 49.3 Å². The van der Waals surface area contributed by atoms with Gasteiger partial charge in [0.05, 0.1) is 26.4 Å². The predicted molar refractivity (Wildman–Crippen MR) is 94.6 cm³/mol. The molecule has 128 valence electrons. The summed E-state index contributed by atoms with van der Waals surface area (Å²) >= 11 is 10.9. The molecule has 5 nitrogen and oxygen atoms in total. The molecule has 0 bridgehead atoms. The maximum Gasteiger partial charge on any atom is 0.334 e. The van der Waals surface area contributed by atoms with Gasteiger partial charge in [0.15, 0.2) is 0 Å². The van der Waals surface area contributed by atoms with E-state index in [-0.39, 0.29) is 0 Å². The first-order chi connectivity index (χ1) is 9.95. The summed E-state index contributed by atoms with van der Waals surface area (Å²) in [7, 11) is 0. The third-order valence-electron chi connectivity index (χ3n) is 2.01. The molecule has 0 aromatic carbocycles. The number of rotatable bonds is 14. The van der Waals surface area contributed by atoms with Gasteiger partial charge < -0.3 is 18.1 Å². The van der Waals surface area contributed by atoms with Crippen LogP contribution in [-0.4, -0.2) is 26.4 Å². The zero-order valence-electron chi connectivity index (χ0n) is 13.4. The van der Waals surface area contributed by atoms with Crippen molar-refractivity contribution in [2.75, 3.05) is 26.4 Å². The van der Waals surface area contributed by atoms with Crippen molar-refractivity contribution in [1.29, 1.82) is 0 Å². The summed E-state index contributed by atoms with van der Waals surface area (Å²) < 4.78 is 28.3. The van der Waals surface area contributed by atoms with E-state index in [0.717, 1.165) is 25.7 Å². The molecule has 0 saturated heterocycles. The average Bonchev–Trinajstić information content (AvgIpc) is 2.47. The Morgan fingerprint density at radius 2 is 0.810 bits per heavy atom. The van der Waals surface area contributed by atoms with Gasteiger partial charge in [-0.15, -0.1) is 0 Å². The highest BCUT2D eigenvalue weighted by Gasteiger charge is 2.32. The molecule has 0 rings (SSSR count). The van der Waals surface area contributed by atoms with E-state index in [4.69, 9.17) is 46.0 Å². The number of hydrogen-bond donors (Lipinski definition) is 0. The van der Waals surface area contributed by atoms with Crippen LogP contribution < -0.4 is 0 Å². The van der Waals surface area contributed by atoms with E-state index in [1.54, 1.807) is 0 Å². The second-order valence-electron chi connectivity index (χ2n) is 4.31. The Balaban J connectivity index is 4.90. The van der Waals surface area contributed by atoms with Crippen molar-refractivity contribution < 1.29 is 22.4 Å². The largest absolute Gasteiger partial charge is 0.334 e. The van der Waals surface area contributed by atoms with Crippen LogP contribution in [0.3, 0.4) is 0 Å². The maximum absolute atomic E-state index is 5.80. The summed E-state index contributed by atoms with van der Waals surface area (Å²) in [6.07, 6.45) is 3.30. The molecular formula is C12H28O5P2S2. The molecule has 0 atom stereocenters. The Hall–Kier alpha value is 1.10. The summed E-state index contributed by atoms with van der Waals surface area (Å²) in [6.45, 7) is 4.02. The Morgan fingerprint density at radius 3 is 1.00 bits per heavy atom. The van der Waals surface area contributed by atoms with Crippen LogP contribution in [0.25, 0.3) is 0 Å². The topological polar surface area (TPSA) is 46.2 Å². The third-order valence-corrected chi connectivity index (χ3v) is 8.07. The van der Waals surface area contributed by atoms with Crippen LogP contribution in [0.4, 0.5) is 0 Å². The lowest BCUT2D eigenvalue weighted by molar-refractivity contribution is 0.162. The second-order valence-corrected chi connectivity index (χ2v) is 10.5. The molecular weight excluding hydrogens is 350 g/mol. The van der Waals surface area contributed by atoms with Crippen LogP contribution in [0, 0.1) is 0 Å². The molecule has 0 aliphatic rings. The van der Waals surface area contributed by atoms with Gasteiger partial charge in [-0.25, -0.2) is 4.31 Å². The molecule has 0 amide bonds. The number of hydrogen-bond acceptors (Lipinski definition) is 7. The fraction of sp³-hybridized carbons (Fsp3) is 1.00. The Morgan fingerprint density at radius 1 is 0.571 bits per heavy atom. The molecule has 0 aromatic heterocycles. The third kappa shape index (κ3) is 10.5. The molecule has 0 aliphatic heterocycles. The minimum atomic E-state index is -2.93. The molecule has 0 aromatic rings. The molecule has 0 fully saturated rings. The summed E-state index contributed by atoms with van der Waals surface area (Å²) in [6, 6.07) is 0. The SMILES string of the molecule is CCCOP(=S)(OCCC)OP(=S)(OCCC)OCCC. The molecule has 21 heavy (non-hydrogen) atoms. The Bertz CT molecular complexity index is 299. The van der Waals surface area contributed by atoms with Crippen LogP contribution in [-0.2, 0) is 46.0 Å². The average molecular weight is 378 g/mol. The fourth-order valence-electron chi connectivity index (χ4n) is 1.10. The zero-order valence-corrected chi connectivity index (χ0v) is 16.8. The lowest BCUT2D eigenvalue weighted by Gasteiger charge is -2.28. The summed E-state index contributed by atoms with van der Waals surface area (Å²) in [4.78, 5) is 0. The van der Waals surface area contributed by atoms with Crippen molar-refractivity contribution in [2.24, 2.45) is 0 Å². The van der Waals surface area contributed by atoms with E-state index in [0.29, 0.717) is 26.4 Å². The lowest BCUT2D eigenvalue weighted by atomic mass is 10.5. The van der Waals surface area contributed by atoms with Gasteiger partial charge in [-0.1, -0.05) is 27.7 Å². The lowest BCUT2D eigenvalue weighted by Crippen LogP contribution is -2.05. The first-order valence-electron chi connectivity index (χ1n) is 7.44. The molecule has 0 spiro atoms. The predicted octanol–water partition coefficient (Wildman–Crippen LogP) is 5.16. The smallest absolute Gasteiger partial charge is 0.308 e. The minimum absolute atomic E-state index is 0.470. The van der Waals surface area contributed by atoms with Gasteiger partial charge in [-0.3, -0.25) is 0 Å². The maximum atomic E-state index is 5.80. The van der Waals surface area contributed by atoms with Crippen LogP contribution >= 0.6 is 13.4 Å². The van der Waals surface area contributed by atoms with Gasteiger partial charge in [-0.2, -0.15) is 0 Å². The summed E-state index contributed by atoms with van der Waals surface area (Å²) in [5, 5.41) is 0.